The Bertz CT molecular complexity index is 485. The van der Waals surface area contributed by atoms with Crippen LogP contribution in [0.1, 0.15) is 54.0 Å². The molecule has 1 unspecified atom stereocenters. The van der Waals surface area contributed by atoms with Crippen molar-refractivity contribution in [3.05, 3.63) is 15.6 Å². The Labute approximate surface area is 123 Å². The van der Waals surface area contributed by atoms with E-state index >= 15 is 0 Å². The molecule has 0 bridgehead atoms. The number of carboxylic acid groups (broad SMARTS) is 1. The maximum atomic E-state index is 12.6. The number of thiazole rings is 1. The van der Waals surface area contributed by atoms with Crippen molar-refractivity contribution in [2.75, 3.05) is 6.54 Å². The van der Waals surface area contributed by atoms with Crippen LogP contribution >= 0.6 is 11.3 Å². The van der Waals surface area contributed by atoms with Gasteiger partial charge in [0.1, 0.15) is 11.4 Å². The third kappa shape index (κ3) is 4.03. The molecule has 1 N–H and O–H groups in total. The summed E-state index contributed by atoms with van der Waals surface area (Å²) in [5.74, 6) is -1.21. The highest BCUT2D eigenvalue weighted by molar-refractivity contribution is 7.13. The first kappa shape index (κ1) is 16.6. The van der Waals surface area contributed by atoms with E-state index in [0.29, 0.717) is 10.6 Å². The van der Waals surface area contributed by atoms with Crippen LogP contribution in [0.5, 0.6) is 0 Å². The first-order valence-corrected chi connectivity index (χ1v) is 7.71. The van der Waals surface area contributed by atoms with E-state index in [1.165, 1.54) is 16.2 Å². The summed E-state index contributed by atoms with van der Waals surface area (Å²) in [6, 6.07) is -0.102. The van der Waals surface area contributed by atoms with Gasteiger partial charge in [-0.2, -0.15) is 0 Å². The van der Waals surface area contributed by atoms with Crippen LogP contribution in [-0.2, 0) is 11.2 Å². The zero-order chi connectivity index (χ0) is 15.3. The van der Waals surface area contributed by atoms with Gasteiger partial charge in [-0.1, -0.05) is 13.8 Å². The number of hydrogen-bond acceptors (Lipinski definition) is 4. The Morgan fingerprint density at radius 3 is 2.55 bits per heavy atom. The van der Waals surface area contributed by atoms with Crippen molar-refractivity contribution >= 4 is 23.2 Å². The molecule has 0 saturated carbocycles. The summed E-state index contributed by atoms with van der Waals surface area (Å²) in [7, 11) is 0. The highest BCUT2D eigenvalue weighted by Gasteiger charge is 2.26. The monoisotopic (exact) mass is 298 g/mol. The molecule has 1 aromatic rings. The van der Waals surface area contributed by atoms with E-state index in [2.05, 4.69) is 11.9 Å². The Morgan fingerprint density at radius 2 is 2.05 bits per heavy atom. The SMILES string of the molecule is CCCc1nc(C)c(C(=O)N(CC(=O)O)C(C)CC)s1. The lowest BCUT2D eigenvalue weighted by Crippen LogP contribution is -2.41. The molecule has 1 atom stereocenters. The Kier molecular flexibility index (Phi) is 6.13. The molecule has 20 heavy (non-hydrogen) atoms. The Morgan fingerprint density at radius 1 is 1.40 bits per heavy atom. The zero-order valence-corrected chi connectivity index (χ0v) is 13.3. The third-order valence-electron chi connectivity index (χ3n) is 3.19. The summed E-state index contributed by atoms with van der Waals surface area (Å²) in [6.07, 6.45) is 2.55. The number of aromatic nitrogens is 1. The minimum absolute atomic E-state index is 0.102. The van der Waals surface area contributed by atoms with Crippen LogP contribution in [-0.4, -0.2) is 39.5 Å². The molecule has 0 aliphatic carbocycles. The summed E-state index contributed by atoms with van der Waals surface area (Å²) in [6.45, 7) is 7.40. The molecule has 0 radical (unpaired) electrons. The fraction of sp³-hybridized carbons (Fsp3) is 0.643. The molecular weight excluding hydrogens is 276 g/mol. The van der Waals surface area contributed by atoms with E-state index in [1.54, 1.807) is 6.92 Å². The predicted octanol–water partition coefficient (Wildman–Crippen LogP) is 2.73. The predicted molar refractivity (Wildman–Crippen MR) is 79.3 cm³/mol. The highest BCUT2D eigenvalue weighted by Crippen LogP contribution is 2.22. The van der Waals surface area contributed by atoms with Crippen molar-refractivity contribution in [1.29, 1.82) is 0 Å². The van der Waals surface area contributed by atoms with Crippen LogP contribution in [0.4, 0.5) is 0 Å². The quantitative estimate of drug-likeness (QED) is 0.840. The van der Waals surface area contributed by atoms with Gasteiger partial charge in [-0.25, -0.2) is 4.98 Å². The van der Waals surface area contributed by atoms with E-state index in [0.717, 1.165) is 24.3 Å². The molecule has 0 aliphatic heterocycles. The van der Waals surface area contributed by atoms with Crippen LogP contribution in [0.3, 0.4) is 0 Å². The van der Waals surface area contributed by atoms with Crippen LogP contribution in [0.2, 0.25) is 0 Å². The topological polar surface area (TPSA) is 70.5 Å². The minimum atomic E-state index is -0.991. The standard InChI is InChI=1S/C14H22N2O3S/c1-5-7-11-15-10(4)13(20-11)14(19)16(8-12(17)18)9(3)6-2/h9H,5-8H2,1-4H3,(H,17,18). The fourth-order valence-corrected chi connectivity index (χ4v) is 3.02. The van der Waals surface area contributed by atoms with Crippen LogP contribution in [0, 0.1) is 6.92 Å². The van der Waals surface area contributed by atoms with E-state index < -0.39 is 5.97 Å². The van der Waals surface area contributed by atoms with Gasteiger partial charge in [-0.15, -0.1) is 11.3 Å². The summed E-state index contributed by atoms with van der Waals surface area (Å²) in [5.41, 5.74) is 0.696. The van der Waals surface area contributed by atoms with Gasteiger partial charge in [0.2, 0.25) is 0 Å². The summed E-state index contributed by atoms with van der Waals surface area (Å²) < 4.78 is 0. The maximum Gasteiger partial charge on any atom is 0.323 e. The number of aliphatic carboxylic acids is 1. The molecule has 6 heteroatoms. The van der Waals surface area contributed by atoms with Crippen molar-refractivity contribution in [3.63, 3.8) is 0 Å². The van der Waals surface area contributed by atoms with Crippen molar-refractivity contribution in [2.45, 2.75) is 53.0 Å². The fourth-order valence-electron chi connectivity index (χ4n) is 1.90. The number of carboxylic acids is 1. The normalized spacial score (nSPS) is 12.2. The minimum Gasteiger partial charge on any atom is -0.480 e. The van der Waals surface area contributed by atoms with E-state index in [9.17, 15) is 9.59 Å². The van der Waals surface area contributed by atoms with Gasteiger partial charge in [0.25, 0.3) is 5.91 Å². The van der Waals surface area contributed by atoms with Crippen molar-refractivity contribution < 1.29 is 14.7 Å². The number of aryl methyl sites for hydroxylation is 2. The largest absolute Gasteiger partial charge is 0.480 e. The van der Waals surface area contributed by atoms with E-state index in [4.69, 9.17) is 5.11 Å². The molecule has 1 aromatic heterocycles. The number of amides is 1. The van der Waals surface area contributed by atoms with Crippen molar-refractivity contribution in [1.82, 2.24) is 9.88 Å². The molecular formula is C14H22N2O3S. The molecule has 0 fully saturated rings. The number of nitrogens with zero attached hydrogens (tertiary/aromatic N) is 2. The van der Waals surface area contributed by atoms with Gasteiger partial charge >= 0.3 is 5.97 Å². The molecule has 0 spiro atoms. The van der Waals surface area contributed by atoms with E-state index in [-0.39, 0.29) is 18.5 Å². The number of carbonyl (C=O) groups excluding carboxylic acids is 1. The second-order valence-electron chi connectivity index (χ2n) is 4.86. The molecule has 1 rings (SSSR count). The Balaban J connectivity index is 3.02. The van der Waals surface area contributed by atoms with Crippen LogP contribution in [0.25, 0.3) is 0 Å². The molecule has 1 amide bonds. The van der Waals surface area contributed by atoms with Gasteiger partial charge in [0, 0.05) is 6.04 Å². The second-order valence-corrected chi connectivity index (χ2v) is 5.94. The molecule has 0 aliphatic rings. The summed E-state index contributed by atoms with van der Waals surface area (Å²) >= 11 is 1.38. The smallest absolute Gasteiger partial charge is 0.323 e. The lowest BCUT2D eigenvalue weighted by molar-refractivity contribution is -0.138. The highest BCUT2D eigenvalue weighted by atomic mass is 32.1. The molecule has 0 aromatic carbocycles. The Hall–Kier alpha value is -1.43. The molecule has 0 saturated heterocycles. The van der Waals surface area contributed by atoms with Gasteiger partial charge in [-0.3, -0.25) is 9.59 Å². The first-order chi connectivity index (χ1) is 9.40. The summed E-state index contributed by atoms with van der Waals surface area (Å²) in [5, 5.41) is 9.91. The zero-order valence-electron chi connectivity index (χ0n) is 12.5. The van der Waals surface area contributed by atoms with Crippen molar-refractivity contribution in [2.24, 2.45) is 0 Å². The van der Waals surface area contributed by atoms with Gasteiger partial charge < -0.3 is 10.0 Å². The van der Waals surface area contributed by atoms with Crippen LogP contribution < -0.4 is 0 Å². The van der Waals surface area contributed by atoms with Gasteiger partial charge in [-0.05, 0) is 33.1 Å². The lowest BCUT2D eigenvalue weighted by Gasteiger charge is -2.26. The van der Waals surface area contributed by atoms with Gasteiger partial charge in [0.15, 0.2) is 0 Å². The van der Waals surface area contributed by atoms with Crippen molar-refractivity contribution in [3.8, 4) is 0 Å². The number of hydrogen-bond donors (Lipinski definition) is 1. The average molecular weight is 298 g/mol. The lowest BCUT2D eigenvalue weighted by atomic mass is 10.2. The first-order valence-electron chi connectivity index (χ1n) is 6.89. The second kappa shape index (κ2) is 7.38. The van der Waals surface area contributed by atoms with Gasteiger partial charge in [0.05, 0.1) is 10.7 Å². The maximum absolute atomic E-state index is 12.6. The number of carbonyl (C=O) groups is 2. The average Bonchev–Trinajstić information content (AvgIpc) is 2.75. The molecule has 112 valence electrons. The van der Waals surface area contributed by atoms with E-state index in [1.807, 2.05) is 13.8 Å². The number of rotatable bonds is 7. The molecule has 1 heterocycles. The molecule has 5 nitrogen and oxygen atoms in total. The summed E-state index contributed by atoms with van der Waals surface area (Å²) in [4.78, 5) is 29.9. The van der Waals surface area contributed by atoms with Crippen LogP contribution in [0.15, 0.2) is 0 Å². The third-order valence-corrected chi connectivity index (χ3v) is 4.39.